The van der Waals surface area contributed by atoms with Crippen LogP contribution >= 0.6 is 0 Å². The quantitative estimate of drug-likeness (QED) is 0.926. The first-order valence-electron chi connectivity index (χ1n) is 7.58. The second-order valence-electron chi connectivity index (χ2n) is 5.93. The Morgan fingerprint density at radius 1 is 1.20 bits per heavy atom. The van der Waals surface area contributed by atoms with Crippen LogP contribution in [0, 0.1) is 0 Å². The molecule has 0 bridgehead atoms. The molecule has 0 spiro atoms. The fourth-order valence-electron chi connectivity index (χ4n) is 3.25. The summed E-state index contributed by atoms with van der Waals surface area (Å²) in [6.07, 6.45) is 6.76. The van der Waals surface area contributed by atoms with Gasteiger partial charge in [0.15, 0.2) is 0 Å². The second kappa shape index (κ2) is 5.80. The number of nitrogen functional groups attached to an aromatic ring is 1. The summed E-state index contributed by atoms with van der Waals surface area (Å²) in [4.78, 5) is 7.19. The van der Waals surface area contributed by atoms with Crippen molar-refractivity contribution in [2.24, 2.45) is 0 Å². The van der Waals surface area contributed by atoms with Gasteiger partial charge in [0.1, 0.15) is 0 Å². The average Bonchev–Trinajstić information content (AvgIpc) is 2.48. The topological polar surface area (TPSA) is 42.1 Å². The first kappa shape index (κ1) is 13.4. The molecule has 0 saturated heterocycles. The van der Waals surface area contributed by atoms with Crippen molar-refractivity contribution >= 4 is 16.6 Å². The molecule has 1 aromatic heterocycles. The van der Waals surface area contributed by atoms with Crippen molar-refractivity contribution in [3.05, 3.63) is 36.0 Å². The Kier molecular flexibility index (Phi) is 3.88. The van der Waals surface area contributed by atoms with Gasteiger partial charge in [-0.1, -0.05) is 37.5 Å². The van der Waals surface area contributed by atoms with E-state index < -0.39 is 0 Å². The molecule has 106 valence electrons. The van der Waals surface area contributed by atoms with E-state index in [1.807, 2.05) is 30.3 Å². The number of hydrogen-bond donors (Lipinski definition) is 1. The van der Waals surface area contributed by atoms with Crippen LogP contribution in [-0.4, -0.2) is 23.0 Å². The van der Waals surface area contributed by atoms with Crippen molar-refractivity contribution in [3.63, 3.8) is 0 Å². The molecule has 2 aromatic rings. The summed E-state index contributed by atoms with van der Waals surface area (Å²) in [6.45, 7) is 0.889. The largest absolute Gasteiger partial charge is 0.398 e. The van der Waals surface area contributed by atoms with E-state index in [9.17, 15) is 0 Å². The van der Waals surface area contributed by atoms with E-state index in [2.05, 4.69) is 11.9 Å². The SMILES string of the molecule is CN(Cc1cc(N)c2ccccc2n1)C1CCCCC1. The Hall–Kier alpha value is -1.61. The number of fused-ring (bicyclic) bond motifs is 1. The minimum Gasteiger partial charge on any atom is -0.398 e. The Morgan fingerprint density at radius 2 is 1.95 bits per heavy atom. The maximum Gasteiger partial charge on any atom is 0.0726 e. The average molecular weight is 269 g/mol. The molecular formula is C17H23N3. The molecule has 3 rings (SSSR count). The van der Waals surface area contributed by atoms with Crippen molar-refractivity contribution in [2.75, 3.05) is 12.8 Å². The monoisotopic (exact) mass is 269 g/mol. The standard InChI is InChI=1S/C17H23N3/c1-20(14-7-3-2-4-8-14)12-13-11-16(18)15-9-5-6-10-17(15)19-13/h5-6,9-11,14H,2-4,7-8,12H2,1H3,(H2,18,19). The number of aromatic nitrogens is 1. The van der Waals surface area contributed by atoms with Crippen molar-refractivity contribution < 1.29 is 0 Å². The van der Waals surface area contributed by atoms with E-state index in [1.54, 1.807) is 0 Å². The minimum atomic E-state index is 0.707. The first-order valence-corrected chi connectivity index (χ1v) is 7.58. The Balaban J connectivity index is 1.80. The molecule has 0 aliphatic heterocycles. The number of anilines is 1. The molecule has 1 heterocycles. The zero-order chi connectivity index (χ0) is 13.9. The molecule has 1 aliphatic carbocycles. The predicted molar refractivity (Wildman–Crippen MR) is 84.5 cm³/mol. The van der Waals surface area contributed by atoms with Gasteiger partial charge in [0, 0.05) is 23.7 Å². The molecule has 1 aliphatic rings. The van der Waals surface area contributed by atoms with Crippen LogP contribution in [0.5, 0.6) is 0 Å². The molecule has 3 nitrogen and oxygen atoms in total. The van der Waals surface area contributed by atoms with Gasteiger partial charge in [-0.2, -0.15) is 0 Å². The lowest BCUT2D eigenvalue weighted by Crippen LogP contribution is -2.33. The number of rotatable bonds is 3. The van der Waals surface area contributed by atoms with E-state index in [1.165, 1.54) is 32.1 Å². The van der Waals surface area contributed by atoms with Gasteiger partial charge in [0.05, 0.1) is 11.2 Å². The lowest BCUT2D eigenvalue weighted by molar-refractivity contribution is 0.183. The number of benzene rings is 1. The van der Waals surface area contributed by atoms with Crippen molar-refractivity contribution in [3.8, 4) is 0 Å². The van der Waals surface area contributed by atoms with Crippen LogP contribution in [0.4, 0.5) is 5.69 Å². The van der Waals surface area contributed by atoms with Crippen molar-refractivity contribution in [1.82, 2.24) is 9.88 Å². The molecule has 3 heteroatoms. The van der Waals surface area contributed by atoms with Crippen LogP contribution in [0.15, 0.2) is 30.3 Å². The van der Waals surface area contributed by atoms with Crippen LogP contribution in [-0.2, 0) is 6.54 Å². The third-order valence-corrected chi connectivity index (χ3v) is 4.41. The normalized spacial score (nSPS) is 16.9. The smallest absolute Gasteiger partial charge is 0.0726 e. The molecule has 0 unspecified atom stereocenters. The maximum absolute atomic E-state index is 6.15. The lowest BCUT2D eigenvalue weighted by Gasteiger charge is -2.31. The molecule has 1 aromatic carbocycles. The van der Waals surface area contributed by atoms with Gasteiger partial charge < -0.3 is 5.73 Å². The third kappa shape index (κ3) is 2.78. The molecule has 0 atom stereocenters. The van der Waals surface area contributed by atoms with E-state index in [4.69, 9.17) is 10.7 Å². The van der Waals surface area contributed by atoms with E-state index >= 15 is 0 Å². The summed E-state index contributed by atoms with van der Waals surface area (Å²) in [5, 5.41) is 1.05. The molecule has 0 radical (unpaired) electrons. The number of nitrogens with zero attached hydrogens (tertiary/aromatic N) is 2. The van der Waals surface area contributed by atoms with Crippen LogP contribution in [0.3, 0.4) is 0 Å². The zero-order valence-electron chi connectivity index (χ0n) is 12.2. The highest BCUT2D eigenvalue weighted by atomic mass is 15.1. The summed E-state index contributed by atoms with van der Waals surface area (Å²) in [7, 11) is 2.21. The molecular weight excluding hydrogens is 246 g/mol. The van der Waals surface area contributed by atoms with Crippen LogP contribution in [0.2, 0.25) is 0 Å². The second-order valence-corrected chi connectivity index (χ2v) is 5.93. The van der Waals surface area contributed by atoms with Crippen LogP contribution in [0.25, 0.3) is 10.9 Å². The summed E-state index contributed by atoms with van der Waals surface area (Å²) in [6, 6.07) is 10.8. The Labute approximate surface area is 120 Å². The Morgan fingerprint density at radius 3 is 2.75 bits per heavy atom. The van der Waals surface area contributed by atoms with Gasteiger partial charge in [0.25, 0.3) is 0 Å². The van der Waals surface area contributed by atoms with Crippen LogP contribution in [0.1, 0.15) is 37.8 Å². The molecule has 20 heavy (non-hydrogen) atoms. The highest BCUT2D eigenvalue weighted by molar-refractivity contribution is 5.90. The van der Waals surface area contributed by atoms with Gasteiger partial charge in [-0.3, -0.25) is 9.88 Å². The molecule has 1 saturated carbocycles. The van der Waals surface area contributed by atoms with Gasteiger partial charge in [-0.15, -0.1) is 0 Å². The van der Waals surface area contributed by atoms with E-state index in [-0.39, 0.29) is 0 Å². The summed E-state index contributed by atoms with van der Waals surface area (Å²) >= 11 is 0. The van der Waals surface area contributed by atoms with E-state index in [0.29, 0.717) is 6.04 Å². The number of nitrogens with two attached hydrogens (primary N) is 1. The summed E-state index contributed by atoms with van der Waals surface area (Å²) in [5.41, 5.74) is 9.07. The summed E-state index contributed by atoms with van der Waals surface area (Å²) in [5.74, 6) is 0. The van der Waals surface area contributed by atoms with Crippen molar-refractivity contribution in [2.45, 2.75) is 44.7 Å². The molecule has 2 N–H and O–H groups in total. The van der Waals surface area contributed by atoms with Crippen LogP contribution < -0.4 is 5.73 Å². The van der Waals surface area contributed by atoms with Gasteiger partial charge in [-0.25, -0.2) is 0 Å². The minimum absolute atomic E-state index is 0.707. The molecule has 1 fully saturated rings. The zero-order valence-corrected chi connectivity index (χ0v) is 12.2. The predicted octanol–water partition coefficient (Wildman–Crippen LogP) is 3.58. The third-order valence-electron chi connectivity index (χ3n) is 4.41. The highest BCUT2D eigenvalue weighted by Crippen LogP contribution is 2.24. The maximum atomic E-state index is 6.15. The van der Waals surface area contributed by atoms with E-state index in [0.717, 1.165) is 28.8 Å². The molecule has 0 amide bonds. The fourth-order valence-corrected chi connectivity index (χ4v) is 3.25. The number of hydrogen-bond acceptors (Lipinski definition) is 3. The Bertz CT molecular complexity index is 588. The lowest BCUT2D eigenvalue weighted by atomic mass is 9.94. The highest BCUT2D eigenvalue weighted by Gasteiger charge is 2.18. The van der Waals surface area contributed by atoms with Gasteiger partial charge in [0.2, 0.25) is 0 Å². The van der Waals surface area contributed by atoms with Gasteiger partial charge >= 0.3 is 0 Å². The summed E-state index contributed by atoms with van der Waals surface area (Å²) < 4.78 is 0. The number of para-hydroxylation sites is 1. The number of pyridine rings is 1. The van der Waals surface area contributed by atoms with Gasteiger partial charge in [-0.05, 0) is 32.0 Å². The fraction of sp³-hybridized carbons (Fsp3) is 0.471. The van der Waals surface area contributed by atoms with Crippen molar-refractivity contribution in [1.29, 1.82) is 0 Å². The first-order chi connectivity index (χ1) is 9.74.